The summed E-state index contributed by atoms with van der Waals surface area (Å²) in [5.41, 5.74) is 0. The molecule has 0 unspecified atom stereocenters. The Kier molecular flexibility index (Phi) is 7.63. The highest BCUT2D eigenvalue weighted by Crippen LogP contribution is 1.97. The molecule has 0 fully saturated rings. The Hall–Kier alpha value is -0.610. The summed E-state index contributed by atoms with van der Waals surface area (Å²) in [5, 5.41) is 8.55. The van der Waals surface area contributed by atoms with E-state index >= 15 is 0 Å². The van der Waals surface area contributed by atoms with Crippen molar-refractivity contribution in [2.45, 2.75) is 19.8 Å². The van der Waals surface area contributed by atoms with Gasteiger partial charge in [0, 0.05) is 33.2 Å². The predicted octanol–water partition coefficient (Wildman–Crippen LogP) is 0.254. The van der Waals surface area contributed by atoms with E-state index in [4.69, 9.17) is 9.84 Å². The monoisotopic (exact) mass is 189 g/mol. The van der Waals surface area contributed by atoms with E-state index in [9.17, 15) is 4.79 Å². The lowest BCUT2D eigenvalue weighted by molar-refractivity contribution is -0.131. The van der Waals surface area contributed by atoms with Gasteiger partial charge < -0.3 is 14.7 Å². The minimum Gasteiger partial charge on any atom is -0.396 e. The summed E-state index contributed by atoms with van der Waals surface area (Å²) in [7, 11) is 1.62. The zero-order chi connectivity index (χ0) is 10.1. The number of methoxy groups -OCH3 is 1. The van der Waals surface area contributed by atoms with E-state index in [0.29, 0.717) is 32.5 Å². The normalized spacial score (nSPS) is 10.1. The zero-order valence-corrected chi connectivity index (χ0v) is 8.45. The van der Waals surface area contributed by atoms with E-state index in [2.05, 4.69) is 0 Å². The van der Waals surface area contributed by atoms with Gasteiger partial charge in [0.2, 0.25) is 5.91 Å². The lowest BCUT2D eigenvalue weighted by atomic mass is 10.3. The van der Waals surface area contributed by atoms with E-state index in [1.807, 2.05) is 6.92 Å². The number of rotatable bonds is 7. The molecule has 0 atom stereocenters. The fourth-order valence-corrected chi connectivity index (χ4v) is 1.05. The molecule has 0 aliphatic heterocycles. The summed E-state index contributed by atoms with van der Waals surface area (Å²) in [5.74, 6) is 0.0913. The average Bonchev–Trinajstić information content (AvgIpc) is 2.16. The van der Waals surface area contributed by atoms with Crippen molar-refractivity contribution in [3.8, 4) is 0 Å². The van der Waals surface area contributed by atoms with Crippen molar-refractivity contribution in [2.75, 3.05) is 33.4 Å². The van der Waals surface area contributed by atoms with Crippen LogP contribution in [0.15, 0.2) is 0 Å². The van der Waals surface area contributed by atoms with Gasteiger partial charge in [-0.15, -0.1) is 0 Å². The lowest BCUT2D eigenvalue weighted by Crippen LogP contribution is -2.33. The number of carbonyl (C=O) groups is 1. The maximum Gasteiger partial charge on any atom is 0.222 e. The Labute approximate surface area is 79.5 Å². The largest absolute Gasteiger partial charge is 0.396 e. The van der Waals surface area contributed by atoms with E-state index < -0.39 is 0 Å². The van der Waals surface area contributed by atoms with Crippen LogP contribution in [0.2, 0.25) is 0 Å². The first kappa shape index (κ1) is 12.4. The van der Waals surface area contributed by atoms with Crippen molar-refractivity contribution < 1.29 is 14.6 Å². The number of aliphatic hydroxyl groups excluding tert-OH is 1. The molecular formula is C9H19NO3. The Balaban J connectivity index is 3.71. The number of hydrogen-bond acceptors (Lipinski definition) is 3. The number of hydrogen-bond donors (Lipinski definition) is 1. The highest BCUT2D eigenvalue weighted by molar-refractivity contribution is 5.76. The van der Waals surface area contributed by atoms with E-state index in [-0.39, 0.29) is 12.5 Å². The van der Waals surface area contributed by atoms with Crippen molar-refractivity contribution >= 4 is 5.91 Å². The second kappa shape index (κ2) is 8.01. The summed E-state index contributed by atoms with van der Waals surface area (Å²) >= 11 is 0. The minimum absolute atomic E-state index is 0.0770. The first-order chi connectivity index (χ1) is 6.26. The molecule has 0 aliphatic rings. The van der Waals surface area contributed by atoms with Gasteiger partial charge in [-0.1, -0.05) is 0 Å². The standard InChI is InChI=1S/C9H19NO3/c1-3-10(6-8-13-2)9(12)5-4-7-11/h11H,3-8H2,1-2H3. The summed E-state index contributed by atoms with van der Waals surface area (Å²) in [4.78, 5) is 13.1. The second-order valence-corrected chi connectivity index (χ2v) is 2.79. The minimum atomic E-state index is 0.0770. The van der Waals surface area contributed by atoms with Crippen molar-refractivity contribution in [2.24, 2.45) is 0 Å². The molecule has 1 amide bonds. The van der Waals surface area contributed by atoms with Crippen LogP contribution in [0.1, 0.15) is 19.8 Å². The molecule has 0 saturated carbocycles. The van der Waals surface area contributed by atoms with Crippen molar-refractivity contribution in [3.05, 3.63) is 0 Å². The van der Waals surface area contributed by atoms with Crippen LogP contribution in [-0.4, -0.2) is 49.3 Å². The molecular weight excluding hydrogens is 170 g/mol. The molecule has 0 heterocycles. The van der Waals surface area contributed by atoms with Gasteiger partial charge in [-0.05, 0) is 13.3 Å². The van der Waals surface area contributed by atoms with Gasteiger partial charge in [0.15, 0.2) is 0 Å². The number of aliphatic hydroxyl groups is 1. The van der Waals surface area contributed by atoms with Gasteiger partial charge in [0.1, 0.15) is 0 Å². The van der Waals surface area contributed by atoms with Crippen molar-refractivity contribution in [1.29, 1.82) is 0 Å². The molecule has 0 saturated heterocycles. The average molecular weight is 189 g/mol. The van der Waals surface area contributed by atoms with Gasteiger partial charge in [-0.25, -0.2) is 0 Å². The third-order valence-electron chi connectivity index (χ3n) is 1.85. The number of nitrogens with zero attached hydrogens (tertiary/aromatic N) is 1. The summed E-state index contributed by atoms with van der Waals surface area (Å²) in [6.07, 6.45) is 0.969. The molecule has 4 nitrogen and oxygen atoms in total. The molecule has 0 radical (unpaired) electrons. The van der Waals surface area contributed by atoms with E-state index in [0.717, 1.165) is 0 Å². The lowest BCUT2D eigenvalue weighted by Gasteiger charge is -2.20. The maximum absolute atomic E-state index is 11.4. The molecule has 1 N–H and O–H groups in total. The number of carbonyl (C=O) groups excluding carboxylic acids is 1. The van der Waals surface area contributed by atoms with Gasteiger partial charge in [0.25, 0.3) is 0 Å². The second-order valence-electron chi connectivity index (χ2n) is 2.79. The number of amides is 1. The fraction of sp³-hybridized carbons (Fsp3) is 0.889. The molecule has 4 heteroatoms. The van der Waals surface area contributed by atoms with Gasteiger partial charge >= 0.3 is 0 Å². The molecule has 0 aromatic rings. The van der Waals surface area contributed by atoms with Crippen LogP contribution >= 0.6 is 0 Å². The topological polar surface area (TPSA) is 49.8 Å². The predicted molar refractivity (Wildman–Crippen MR) is 50.4 cm³/mol. The van der Waals surface area contributed by atoms with Crippen LogP contribution in [0.5, 0.6) is 0 Å². The number of likely N-dealkylation sites (N-methyl/N-ethyl adjacent to an activating group) is 1. The maximum atomic E-state index is 11.4. The Morgan fingerprint density at radius 2 is 2.23 bits per heavy atom. The quantitative estimate of drug-likeness (QED) is 0.624. The third kappa shape index (κ3) is 5.60. The molecule has 0 spiro atoms. The van der Waals surface area contributed by atoms with E-state index in [1.165, 1.54) is 0 Å². The molecule has 0 aromatic carbocycles. The smallest absolute Gasteiger partial charge is 0.222 e. The SMILES string of the molecule is CCN(CCOC)C(=O)CCCO. The molecule has 0 aromatic heterocycles. The summed E-state index contributed by atoms with van der Waals surface area (Å²) in [6.45, 7) is 3.92. The number of ether oxygens (including phenoxy) is 1. The van der Waals surface area contributed by atoms with Crippen LogP contribution in [0.25, 0.3) is 0 Å². The summed E-state index contributed by atoms with van der Waals surface area (Å²) in [6, 6.07) is 0. The van der Waals surface area contributed by atoms with Crippen molar-refractivity contribution in [3.63, 3.8) is 0 Å². The molecule has 0 bridgehead atoms. The highest BCUT2D eigenvalue weighted by atomic mass is 16.5. The first-order valence-electron chi connectivity index (χ1n) is 4.63. The van der Waals surface area contributed by atoms with Crippen LogP contribution in [0.4, 0.5) is 0 Å². The highest BCUT2D eigenvalue weighted by Gasteiger charge is 2.09. The summed E-state index contributed by atoms with van der Waals surface area (Å²) < 4.78 is 4.89. The zero-order valence-electron chi connectivity index (χ0n) is 8.45. The molecule has 0 rings (SSSR count). The van der Waals surface area contributed by atoms with Gasteiger partial charge in [0.05, 0.1) is 6.61 Å². The van der Waals surface area contributed by atoms with Crippen LogP contribution in [0.3, 0.4) is 0 Å². The van der Waals surface area contributed by atoms with Crippen LogP contribution in [-0.2, 0) is 9.53 Å². The Morgan fingerprint density at radius 3 is 2.69 bits per heavy atom. The molecule has 13 heavy (non-hydrogen) atoms. The van der Waals surface area contributed by atoms with Crippen LogP contribution < -0.4 is 0 Å². The fourth-order valence-electron chi connectivity index (χ4n) is 1.05. The van der Waals surface area contributed by atoms with Gasteiger partial charge in [-0.2, -0.15) is 0 Å². The molecule has 78 valence electrons. The molecule has 0 aliphatic carbocycles. The Bertz CT molecular complexity index is 139. The third-order valence-corrected chi connectivity index (χ3v) is 1.85. The Morgan fingerprint density at radius 1 is 1.54 bits per heavy atom. The van der Waals surface area contributed by atoms with Gasteiger partial charge in [-0.3, -0.25) is 4.79 Å². The van der Waals surface area contributed by atoms with Crippen molar-refractivity contribution in [1.82, 2.24) is 4.90 Å². The van der Waals surface area contributed by atoms with E-state index in [1.54, 1.807) is 12.0 Å². The van der Waals surface area contributed by atoms with Crippen LogP contribution in [0, 0.1) is 0 Å². The first-order valence-corrected chi connectivity index (χ1v) is 4.63.